The van der Waals surface area contributed by atoms with Crippen LogP contribution in [0.4, 0.5) is 5.69 Å². The molecule has 0 aromatic heterocycles. The van der Waals surface area contributed by atoms with Gasteiger partial charge < -0.3 is 14.4 Å². The second kappa shape index (κ2) is 7.18. The quantitative estimate of drug-likeness (QED) is 0.836. The molecule has 1 amide bonds. The number of hydrogen-bond donors (Lipinski definition) is 0. The van der Waals surface area contributed by atoms with Crippen LogP contribution in [0.3, 0.4) is 0 Å². The van der Waals surface area contributed by atoms with E-state index in [0.717, 1.165) is 17.0 Å². The molecular formula is C19H21NO3S. The van der Waals surface area contributed by atoms with Gasteiger partial charge in [-0.2, -0.15) is 0 Å². The first-order valence-electron chi connectivity index (χ1n) is 7.93. The van der Waals surface area contributed by atoms with Gasteiger partial charge in [0.2, 0.25) is 0 Å². The highest BCUT2D eigenvalue weighted by molar-refractivity contribution is 8.00. The van der Waals surface area contributed by atoms with Gasteiger partial charge in [0.1, 0.15) is 11.5 Å². The van der Waals surface area contributed by atoms with E-state index in [1.807, 2.05) is 34.9 Å². The molecule has 2 aromatic rings. The Labute approximate surface area is 146 Å². The second-order valence-corrected chi connectivity index (χ2v) is 7.22. The van der Waals surface area contributed by atoms with Gasteiger partial charge in [-0.3, -0.25) is 4.79 Å². The molecule has 0 saturated carbocycles. The van der Waals surface area contributed by atoms with Crippen LogP contribution in [0, 0.1) is 0 Å². The molecule has 24 heavy (non-hydrogen) atoms. The first kappa shape index (κ1) is 16.7. The van der Waals surface area contributed by atoms with E-state index in [-0.39, 0.29) is 5.91 Å². The van der Waals surface area contributed by atoms with Crippen LogP contribution in [0.2, 0.25) is 0 Å². The number of nitrogens with zero attached hydrogens (tertiary/aromatic N) is 1. The minimum atomic E-state index is -0.0330. The van der Waals surface area contributed by atoms with E-state index >= 15 is 0 Å². The molecule has 0 spiro atoms. The van der Waals surface area contributed by atoms with Crippen LogP contribution in [0.1, 0.15) is 23.7 Å². The van der Waals surface area contributed by atoms with Crippen molar-refractivity contribution in [1.29, 1.82) is 0 Å². The Hall–Kier alpha value is -2.14. The molecule has 0 saturated heterocycles. The van der Waals surface area contributed by atoms with E-state index in [2.05, 4.69) is 13.0 Å². The van der Waals surface area contributed by atoms with Crippen molar-refractivity contribution < 1.29 is 14.3 Å². The first-order valence-corrected chi connectivity index (χ1v) is 8.81. The van der Waals surface area contributed by atoms with Crippen molar-refractivity contribution in [2.75, 3.05) is 25.7 Å². The number of carbonyl (C=O) groups excluding carboxylic acids is 1. The fourth-order valence-corrected chi connectivity index (χ4v) is 3.90. The van der Waals surface area contributed by atoms with Gasteiger partial charge in [0.15, 0.2) is 0 Å². The summed E-state index contributed by atoms with van der Waals surface area (Å²) in [7, 11) is 3.17. The average Bonchev–Trinajstić information content (AvgIpc) is 2.78. The zero-order valence-corrected chi connectivity index (χ0v) is 14.9. The number of hydrogen-bond acceptors (Lipinski definition) is 4. The van der Waals surface area contributed by atoms with E-state index in [4.69, 9.17) is 9.47 Å². The highest BCUT2D eigenvalue weighted by Crippen LogP contribution is 2.38. The maximum absolute atomic E-state index is 13.2. The average molecular weight is 343 g/mol. The number of amides is 1. The van der Waals surface area contributed by atoms with Crippen LogP contribution in [-0.4, -0.2) is 31.9 Å². The predicted molar refractivity (Wildman–Crippen MR) is 97.6 cm³/mol. The number of ether oxygens (including phenoxy) is 2. The Morgan fingerprint density at radius 1 is 1.12 bits per heavy atom. The third-order valence-electron chi connectivity index (χ3n) is 4.09. The van der Waals surface area contributed by atoms with Crippen LogP contribution in [0.5, 0.6) is 11.5 Å². The van der Waals surface area contributed by atoms with Crippen LogP contribution >= 0.6 is 11.8 Å². The largest absolute Gasteiger partial charge is 0.497 e. The monoisotopic (exact) mass is 343 g/mol. The molecule has 5 heteroatoms. The summed E-state index contributed by atoms with van der Waals surface area (Å²) < 4.78 is 10.6. The predicted octanol–water partition coefficient (Wildman–Crippen LogP) is 4.23. The lowest BCUT2D eigenvalue weighted by Crippen LogP contribution is -2.32. The molecule has 0 unspecified atom stereocenters. The number of para-hydroxylation sites is 1. The van der Waals surface area contributed by atoms with Crippen molar-refractivity contribution in [3.63, 3.8) is 0 Å². The van der Waals surface area contributed by atoms with Gasteiger partial charge in [0.05, 0.1) is 19.9 Å². The minimum absolute atomic E-state index is 0.0330. The maximum Gasteiger partial charge on any atom is 0.258 e. The van der Waals surface area contributed by atoms with Crippen molar-refractivity contribution in [3.8, 4) is 11.5 Å². The smallest absolute Gasteiger partial charge is 0.258 e. The van der Waals surface area contributed by atoms with Crippen molar-refractivity contribution in [1.82, 2.24) is 0 Å². The van der Waals surface area contributed by atoms with E-state index in [0.29, 0.717) is 28.9 Å². The Kier molecular flexibility index (Phi) is 5.00. The van der Waals surface area contributed by atoms with Crippen LogP contribution in [0.15, 0.2) is 47.4 Å². The van der Waals surface area contributed by atoms with Gasteiger partial charge in [-0.25, -0.2) is 0 Å². The third kappa shape index (κ3) is 3.36. The lowest BCUT2D eigenvalue weighted by atomic mass is 10.1. The van der Waals surface area contributed by atoms with Crippen molar-refractivity contribution >= 4 is 23.4 Å². The van der Waals surface area contributed by atoms with Gasteiger partial charge in [0, 0.05) is 28.3 Å². The molecule has 4 nitrogen and oxygen atoms in total. The molecule has 1 atom stereocenters. The third-order valence-corrected chi connectivity index (χ3v) is 5.32. The summed E-state index contributed by atoms with van der Waals surface area (Å²) in [6, 6.07) is 13.4. The Balaban J connectivity index is 2.01. The summed E-state index contributed by atoms with van der Waals surface area (Å²) in [5.74, 6) is 1.20. The van der Waals surface area contributed by atoms with E-state index in [9.17, 15) is 4.79 Å². The fraction of sp³-hybridized carbons (Fsp3) is 0.316. The van der Waals surface area contributed by atoms with Gasteiger partial charge in [-0.05, 0) is 30.7 Å². The second-order valence-electron chi connectivity index (χ2n) is 5.74. The molecule has 126 valence electrons. The molecule has 3 rings (SSSR count). The summed E-state index contributed by atoms with van der Waals surface area (Å²) in [5.41, 5.74) is 1.54. The lowest BCUT2D eigenvalue weighted by molar-refractivity contribution is 0.0985. The Morgan fingerprint density at radius 3 is 2.46 bits per heavy atom. The van der Waals surface area contributed by atoms with E-state index < -0.39 is 0 Å². The number of methoxy groups -OCH3 is 2. The van der Waals surface area contributed by atoms with Crippen molar-refractivity contribution in [2.24, 2.45) is 0 Å². The standard InChI is InChI=1S/C19H21NO3S/c1-13-8-9-20(17-6-4-5-7-18(17)24-13)19(21)14-10-15(22-2)12-16(11-14)23-3/h4-7,10-13H,8-9H2,1-3H3/t13-/m1/s1. The SMILES string of the molecule is COc1cc(OC)cc(C(=O)N2CC[C@@H](C)Sc3ccccc32)c1. The van der Waals surface area contributed by atoms with Crippen LogP contribution < -0.4 is 14.4 Å². The number of benzene rings is 2. The molecule has 0 aliphatic carbocycles. The van der Waals surface area contributed by atoms with Crippen LogP contribution in [0.25, 0.3) is 0 Å². The molecule has 1 aliphatic rings. The highest BCUT2D eigenvalue weighted by atomic mass is 32.2. The maximum atomic E-state index is 13.2. The Morgan fingerprint density at radius 2 is 1.79 bits per heavy atom. The lowest BCUT2D eigenvalue weighted by Gasteiger charge is -2.23. The zero-order valence-electron chi connectivity index (χ0n) is 14.1. The topological polar surface area (TPSA) is 38.8 Å². The van der Waals surface area contributed by atoms with E-state index in [1.54, 1.807) is 32.4 Å². The first-order chi connectivity index (χ1) is 11.6. The molecule has 0 fully saturated rings. The summed E-state index contributed by atoms with van der Waals surface area (Å²) >= 11 is 1.82. The van der Waals surface area contributed by atoms with Crippen molar-refractivity contribution in [3.05, 3.63) is 48.0 Å². The molecule has 1 aliphatic heterocycles. The van der Waals surface area contributed by atoms with Gasteiger partial charge >= 0.3 is 0 Å². The summed E-state index contributed by atoms with van der Waals surface area (Å²) in [6.07, 6.45) is 0.951. The minimum Gasteiger partial charge on any atom is -0.497 e. The van der Waals surface area contributed by atoms with Gasteiger partial charge in [-0.15, -0.1) is 11.8 Å². The van der Waals surface area contributed by atoms with Gasteiger partial charge in [0.25, 0.3) is 5.91 Å². The summed E-state index contributed by atoms with van der Waals surface area (Å²) in [5, 5.41) is 0.476. The molecule has 0 N–H and O–H groups in total. The van der Waals surface area contributed by atoms with Crippen molar-refractivity contribution in [2.45, 2.75) is 23.5 Å². The van der Waals surface area contributed by atoms with E-state index in [1.165, 1.54) is 0 Å². The molecule has 0 bridgehead atoms. The molecular weight excluding hydrogens is 322 g/mol. The number of fused-ring (bicyclic) bond motifs is 1. The summed E-state index contributed by atoms with van der Waals surface area (Å²) in [6.45, 7) is 2.90. The molecule has 1 heterocycles. The summed E-state index contributed by atoms with van der Waals surface area (Å²) in [4.78, 5) is 16.2. The van der Waals surface area contributed by atoms with Crippen LogP contribution in [-0.2, 0) is 0 Å². The molecule has 0 radical (unpaired) electrons. The normalized spacial score (nSPS) is 17.0. The Bertz CT molecular complexity index is 725. The number of thioether (sulfide) groups is 1. The number of anilines is 1. The zero-order chi connectivity index (χ0) is 17.1. The number of carbonyl (C=O) groups is 1. The fourth-order valence-electron chi connectivity index (χ4n) is 2.78. The number of rotatable bonds is 3. The highest BCUT2D eigenvalue weighted by Gasteiger charge is 2.25. The molecule has 2 aromatic carbocycles. The van der Waals surface area contributed by atoms with Gasteiger partial charge in [-0.1, -0.05) is 19.1 Å².